The van der Waals surface area contributed by atoms with Crippen LogP contribution in [0.1, 0.15) is 27.0 Å². The van der Waals surface area contributed by atoms with Gasteiger partial charge in [0.05, 0.1) is 0 Å². The summed E-state index contributed by atoms with van der Waals surface area (Å²) in [5.74, 6) is 0.588. The van der Waals surface area contributed by atoms with Crippen molar-refractivity contribution in [2.45, 2.75) is 20.1 Å². The minimum absolute atomic E-state index is 0.123. The van der Waals surface area contributed by atoms with Crippen LogP contribution in [0.2, 0.25) is 5.02 Å². The largest absolute Gasteiger partial charge is 0.489 e. The Balaban J connectivity index is 1.68. The van der Waals surface area contributed by atoms with Crippen LogP contribution in [0.4, 0.5) is 0 Å². The number of halogens is 1. The number of ether oxygens (including phenoxy) is 1. The van der Waals surface area contributed by atoms with E-state index in [9.17, 15) is 4.79 Å². The van der Waals surface area contributed by atoms with E-state index in [1.54, 1.807) is 12.1 Å². The van der Waals surface area contributed by atoms with Crippen LogP contribution in [0.5, 0.6) is 5.75 Å². The van der Waals surface area contributed by atoms with E-state index in [2.05, 4.69) is 5.32 Å². The topological polar surface area (TPSA) is 38.3 Å². The van der Waals surface area contributed by atoms with Crippen molar-refractivity contribution >= 4 is 17.5 Å². The number of benzene rings is 3. The Morgan fingerprint density at radius 3 is 2.58 bits per heavy atom. The monoisotopic (exact) mass is 365 g/mol. The molecule has 0 saturated carbocycles. The second-order valence-electron chi connectivity index (χ2n) is 6.08. The smallest absolute Gasteiger partial charge is 0.251 e. The zero-order valence-electron chi connectivity index (χ0n) is 14.5. The van der Waals surface area contributed by atoms with E-state index in [4.69, 9.17) is 16.3 Å². The fraction of sp³-hybridized carbons (Fsp3) is 0.136. The quantitative estimate of drug-likeness (QED) is 0.655. The van der Waals surface area contributed by atoms with Gasteiger partial charge in [-0.1, -0.05) is 59.6 Å². The lowest BCUT2D eigenvalue weighted by Gasteiger charge is -2.13. The second-order valence-corrected chi connectivity index (χ2v) is 6.51. The maximum atomic E-state index is 12.4. The predicted molar refractivity (Wildman–Crippen MR) is 105 cm³/mol. The van der Waals surface area contributed by atoms with Gasteiger partial charge >= 0.3 is 0 Å². The summed E-state index contributed by atoms with van der Waals surface area (Å²) in [6.45, 7) is 2.77. The molecule has 0 aromatic heterocycles. The number of hydrogen-bond acceptors (Lipinski definition) is 2. The lowest BCUT2D eigenvalue weighted by molar-refractivity contribution is 0.0950. The van der Waals surface area contributed by atoms with Crippen molar-refractivity contribution in [3.05, 3.63) is 100 Å². The normalized spacial score (nSPS) is 10.4. The Bertz CT molecular complexity index is 894. The third-order valence-corrected chi connectivity index (χ3v) is 4.21. The molecule has 0 bridgehead atoms. The molecule has 0 aliphatic rings. The molecule has 26 heavy (non-hydrogen) atoms. The molecule has 3 rings (SSSR count). The van der Waals surface area contributed by atoms with Crippen molar-refractivity contribution in [1.29, 1.82) is 0 Å². The first kappa shape index (κ1) is 18.0. The van der Waals surface area contributed by atoms with E-state index >= 15 is 0 Å². The molecule has 0 heterocycles. The third kappa shape index (κ3) is 4.87. The van der Waals surface area contributed by atoms with Gasteiger partial charge in [-0.15, -0.1) is 0 Å². The van der Waals surface area contributed by atoms with Gasteiger partial charge in [-0.05, 0) is 42.8 Å². The van der Waals surface area contributed by atoms with Gasteiger partial charge < -0.3 is 10.1 Å². The van der Waals surface area contributed by atoms with Crippen molar-refractivity contribution in [2.24, 2.45) is 0 Å². The summed E-state index contributed by atoms with van der Waals surface area (Å²) in [4.78, 5) is 12.4. The summed E-state index contributed by atoms with van der Waals surface area (Å²) in [6, 6.07) is 22.9. The summed E-state index contributed by atoms with van der Waals surface area (Å²) in [5.41, 5.74) is 3.61. The molecule has 0 saturated heterocycles. The van der Waals surface area contributed by atoms with E-state index in [1.807, 2.05) is 67.6 Å². The molecule has 0 aliphatic heterocycles. The highest BCUT2D eigenvalue weighted by molar-refractivity contribution is 6.30. The molecule has 0 spiro atoms. The van der Waals surface area contributed by atoms with Gasteiger partial charge in [0.1, 0.15) is 12.4 Å². The fourth-order valence-electron chi connectivity index (χ4n) is 2.63. The Labute approximate surface area is 158 Å². The maximum absolute atomic E-state index is 12.4. The number of carbonyl (C=O) groups is 1. The molecule has 4 heteroatoms. The second kappa shape index (κ2) is 8.54. The third-order valence-electron chi connectivity index (χ3n) is 3.98. The lowest BCUT2D eigenvalue weighted by atomic mass is 10.1. The molecule has 0 radical (unpaired) electrons. The molecule has 1 N–H and O–H groups in total. The summed E-state index contributed by atoms with van der Waals surface area (Å²) < 4.78 is 5.93. The highest BCUT2D eigenvalue weighted by Crippen LogP contribution is 2.24. The zero-order valence-corrected chi connectivity index (χ0v) is 15.3. The SMILES string of the molecule is Cc1cccc(C(=O)NCc2cc(Cl)ccc2OCc2ccccc2)c1. The molecule has 3 nitrogen and oxygen atoms in total. The average Bonchev–Trinajstić information content (AvgIpc) is 2.66. The van der Waals surface area contributed by atoms with Crippen molar-refractivity contribution in [1.82, 2.24) is 5.32 Å². The number of hydrogen-bond donors (Lipinski definition) is 1. The highest BCUT2D eigenvalue weighted by atomic mass is 35.5. The summed E-state index contributed by atoms with van der Waals surface area (Å²) in [6.07, 6.45) is 0. The molecule has 132 valence electrons. The van der Waals surface area contributed by atoms with Crippen LogP contribution in [0.25, 0.3) is 0 Å². The highest BCUT2D eigenvalue weighted by Gasteiger charge is 2.09. The number of rotatable bonds is 6. The number of amides is 1. The van der Waals surface area contributed by atoms with E-state index < -0.39 is 0 Å². The van der Waals surface area contributed by atoms with Gasteiger partial charge in [-0.25, -0.2) is 0 Å². The van der Waals surface area contributed by atoms with Gasteiger partial charge in [0.15, 0.2) is 0 Å². The molecule has 0 atom stereocenters. The molecule has 0 fully saturated rings. The van der Waals surface area contributed by atoms with Gasteiger partial charge in [0.25, 0.3) is 5.91 Å². The van der Waals surface area contributed by atoms with Crippen LogP contribution in [0.15, 0.2) is 72.8 Å². The minimum Gasteiger partial charge on any atom is -0.489 e. The Morgan fingerprint density at radius 2 is 1.81 bits per heavy atom. The lowest BCUT2D eigenvalue weighted by Crippen LogP contribution is -2.23. The van der Waals surface area contributed by atoms with Crippen molar-refractivity contribution in [3.8, 4) is 5.75 Å². The van der Waals surface area contributed by atoms with E-state index in [1.165, 1.54) is 0 Å². The van der Waals surface area contributed by atoms with Crippen molar-refractivity contribution in [3.63, 3.8) is 0 Å². The van der Waals surface area contributed by atoms with Gasteiger partial charge in [-0.2, -0.15) is 0 Å². The molecule has 0 unspecified atom stereocenters. The molecular weight excluding hydrogens is 346 g/mol. The minimum atomic E-state index is -0.123. The Hall–Kier alpha value is -2.78. The Kier molecular flexibility index (Phi) is 5.92. The Morgan fingerprint density at radius 1 is 1.00 bits per heavy atom. The molecule has 0 aliphatic carbocycles. The number of nitrogens with one attached hydrogen (secondary N) is 1. The molecule has 3 aromatic rings. The van der Waals surface area contributed by atoms with Crippen LogP contribution in [-0.4, -0.2) is 5.91 Å². The summed E-state index contributed by atoms with van der Waals surface area (Å²) in [5, 5.41) is 3.54. The maximum Gasteiger partial charge on any atom is 0.251 e. The average molecular weight is 366 g/mol. The van der Waals surface area contributed by atoms with Crippen LogP contribution >= 0.6 is 11.6 Å². The fourth-order valence-corrected chi connectivity index (χ4v) is 2.82. The van der Waals surface area contributed by atoms with Crippen molar-refractivity contribution < 1.29 is 9.53 Å². The van der Waals surface area contributed by atoms with Crippen LogP contribution < -0.4 is 10.1 Å². The molecular formula is C22H20ClNO2. The number of aryl methyl sites for hydroxylation is 1. The number of carbonyl (C=O) groups excluding carboxylic acids is 1. The van der Waals surface area contributed by atoms with Crippen LogP contribution in [0.3, 0.4) is 0 Å². The first-order valence-corrected chi connectivity index (χ1v) is 8.79. The molecule has 3 aromatic carbocycles. The van der Waals surface area contributed by atoms with Crippen LogP contribution in [-0.2, 0) is 13.2 Å². The molecule has 1 amide bonds. The first-order chi connectivity index (χ1) is 12.6. The van der Waals surface area contributed by atoms with Crippen LogP contribution in [0, 0.1) is 6.92 Å². The van der Waals surface area contributed by atoms with Gasteiger partial charge in [0.2, 0.25) is 0 Å². The van der Waals surface area contributed by atoms with Crippen molar-refractivity contribution in [2.75, 3.05) is 0 Å². The van der Waals surface area contributed by atoms with E-state index in [0.29, 0.717) is 29.5 Å². The summed E-state index contributed by atoms with van der Waals surface area (Å²) >= 11 is 6.12. The van der Waals surface area contributed by atoms with E-state index in [-0.39, 0.29) is 5.91 Å². The van der Waals surface area contributed by atoms with Gasteiger partial charge in [0, 0.05) is 22.7 Å². The van der Waals surface area contributed by atoms with Gasteiger partial charge in [-0.3, -0.25) is 4.79 Å². The van der Waals surface area contributed by atoms with E-state index in [0.717, 1.165) is 16.7 Å². The summed E-state index contributed by atoms with van der Waals surface area (Å²) in [7, 11) is 0. The standard InChI is InChI=1S/C22H20ClNO2/c1-16-6-5-9-18(12-16)22(25)24-14-19-13-20(23)10-11-21(19)26-15-17-7-3-2-4-8-17/h2-13H,14-15H2,1H3,(H,24,25). The first-order valence-electron chi connectivity index (χ1n) is 8.42. The zero-order chi connectivity index (χ0) is 18.4. The predicted octanol–water partition coefficient (Wildman–Crippen LogP) is 5.16.